The van der Waals surface area contributed by atoms with Gasteiger partial charge in [0.25, 0.3) is 0 Å². The van der Waals surface area contributed by atoms with E-state index in [1.165, 1.54) is 17.9 Å². The number of hydrogen-bond donors (Lipinski definition) is 1. The van der Waals surface area contributed by atoms with Crippen LogP contribution in [0.25, 0.3) is 0 Å². The molecule has 1 aromatic carbocycles. The number of rotatable bonds is 5. The Balaban J connectivity index is 1.24. The molecule has 2 saturated heterocycles. The lowest BCUT2D eigenvalue weighted by Crippen LogP contribution is -2.33. The van der Waals surface area contributed by atoms with Crippen molar-refractivity contribution in [3.05, 3.63) is 48.0 Å². The first-order valence-corrected chi connectivity index (χ1v) is 10.1. The van der Waals surface area contributed by atoms with Gasteiger partial charge in [-0.05, 0) is 41.5 Å². The van der Waals surface area contributed by atoms with E-state index in [1.54, 1.807) is 30.6 Å². The Morgan fingerprint density at radius 1 is 1.23 bits per heavy atom. The van der Waals surface area contributed by atoms with Crippen LogP contribution in [0.2, 0.25) is 0 Å². The fourth-order valence-electron chi connectivity index (χ4n) is 4.66. The van der Waals surface area contributed by atoms with Crippen molar-refractivity contribution in [1.82, 2.24) is 15.3 Å². The van der Waals surface area contributed by atoms with Crippen LogP contribution < -0.4 is 15.1 Å². The van der Waals surface area contributed by atoms with E-state index in [4.69, 9.17) is 4.74 Å². The molecule has 2 aliphatic heterocycles. The predicted molar refractivity (Wildman–Crippen MR) is 107 cm³/mol. The van der Waals surface area contributed by atoms with E-state index >= 15 is 0 Å². The van der Waals surface area contributed by atoms with Gasteiger partial charge in [0.05, 0.1) is 18.8 Å². The molecule has 2 amide bonds. The molecule has 0 bridgehead atoms. The number of halogens is 1. The van der Waals surface area contributed by atoms with Gasteiger partial charge >= 0.3 is 6.09 Å². The summed E-state index contributed by atoms with van der Waals surface area (Å²) in [6.45, 7) is 3.57. The van der Waals surface area contributed by atoms with Crippen LogP contribution >= 0.6 is 0 Å². The van der Waals surface area contributed by atoms with Gasteiger partial charge in [-0.15, -0.1) is 0 Å². The average molecular weight is 411 g/mol. The maximum Gasteiger partial charge on any atom is 0.414 e. The molecule has 4 atom stereocenters. The number of carbonyl (C=O) groups is 2. The molecule has 5 rings (SSSR count). The second kappa shape index (κ2) is 7.23. The van der Waals surface area contributed by atoms with Crippen LogP contribution in [-0.2, 0) is 9.53 Å². The Bertz CT molecular complexity index is 976. The summed E-state index contributed by atoms with van der Waals surface area (Å²) < 4.78 is 20.2. The van der Waals surface area contributed by atoms with E-state index in [0.717, 1.165) is 19.0 Å². The van der Waals surface area contributed by atoms with Gasteiger partial charge in [-0.3, -0.25) is 9.69 Å². The van der Waals surface area contributed by atoms with E-state index in [0.29, 0.717) is 23.1 Å². The minimum absolute atomic E-state index is 0.188. The summed E-state index contributed by atoms with van der Waals surface area (Å²) in [5.41, 5.74) is 1.17. The second-order valence-corrected chi connectivity index (χ2v) is 8.07. The lowest BCUT2D eigenvalue weighted by molar-refractivity contribution is -0.119. The number of hydrogen-bond acceptors (Lipinski definition) is 6. The SMILES string of the molecule is CC(=O)NC[C@H]1CN(c2ccc(C3[C@H]4CN(c5ncccn5)C[C@@H]34)c(F)c2)C(=O)O1. The van der Waals surface area contributed by atoms with Crippen molar-refractivity contribution in [1.29, 1.82) is 0 Å². The normalized spacial score (nSPS) is 27.1. The van der Waals surface area contributed by atoms with Gasteiger partial charge in [0, 0.05) is 32.4 Å². The second-order valence-electron chi connectivity index (χ2n) is 8.07. The minimum Gasteiger partial charge on any atom is -0.442 e. The molecular weight excluding hydrogens is 389 g/mol. The Hall–Kier alpha value is -3.23. The number of nitrogens with one attached hydrogen (secondary N) is 1. The third-order valence-corrected chi connectivity index (χ3v) is 6.14. The van der Waals surface area contributed by atoms with Gasteiger partial charge in [0.1, 0.15) is 11.9 Å². The summed E-state index contributed by atoms with van der Waals surface area (Å²) in [5.74, 6) is 1.22. The molecule has 3 aliphatic rings. The van der Waals surface area contributed by atoms with Crippen LogP contribution in [0.15, 0.2) is 36.7 Å². The molecule has 3 heterocycles. The van der Waals surface area contributed by atoms with E-state index < -0.39 is 12.2 Å². The summed E-state index contributed by atoms with van der Waals surface area (Å²) in [4.78, 5) is 35.3. The zero-order valence-corrected chi connectivity index (χ0v) is 16.5. The number of aromatic nitrogens is 2. The van der Waals surface area contributed by atoms with Gasteiger partial charge in [-0.25, -0.2) is 19.2 Å². The highest BCUT2D eigenvalue weighted by Gasteiger charge is 2.57. The van der Waals surface area contributed by atoms with Crippen LogP contribution in [0.3, 0.4) is 0 Å². The molecule has 1 aliphatic carbocycles. The van der Waals surface area contributed by atoms with Gasteiger partial charge < -0.3 is 15.0 Å². The fraction of sp³-hybridized carbons (Fsp3) is 0.429. The molecule has 1 N–H and O–H groups in total. The summed E-state index contributed by atoms with van der Waals surface area (Å²) >= 11 is 0. The lowest BCUT2D eigenvalue weighted by atomic mass is 10.1. The molecular formula is C21H22FN5O3. The number of cyclic esters (lactones) is 1. The third-order valence-electron chi connectivity index (χ3n) is 6.14. The molecule has 8 nitrogen and oxygen atoms in total. The van der Waals surface area contributed by atoms with E-state index in [-0.39, 0.29) is 30.7 Å². The summed E-state index contributed by atoms with van der Waals surface area (Å²) in [6, 6.07) is 6.75. The number of carbonyl (C=O) groups excluding carboxylic acids is 2. The molecule has 2 aromatic rings. The van der Waals surface area contributed by atoms with Crippen LogP contribution in [0.4, 0.5) is 20.8 Å². The van der Waals surface area contributed by atoms with Crippen molar-refractivity contribution in [2.45, 2.75) is 18.9 Å². The predicted octanol–water partition coefficient (Wildman–Crippen LogP) is 1.93. The first-order chi connectivity index (χ1) is 14.5. The molecule has 156 valence electrons. The monoisotopic (exact) mass is 411 g/mol. The van der Waals surface area contributed by atoms with Gasteiger partial charge in [0.2, 0.25) is 11.9 Å². The highest BCUT2D eigenvalue weighted by Crippen LogP contribution is 2.59. The molecule has 1 unspecified atom stereocenters. The molecule has 30 heavy (non-hydrogen) atoms. The zero-order chi connectivity index (χ0) is 20.8. The van der Waals surface area contributed by atoms with Crippen molar-refractivity contribution < 1.29 is 18.7 Å². The van der Waals surface area contributed by atoms with Gasteiger partial charge in [-0.2, -0.15) is 0 Å². The number of piperidine rings is 1. The fourth-order valence-corrected chi connectivity index (χ4v) is 4.66. The van der Waals surface area contributed by atoms with Crippen molar-refractivity contribution in [3.8, 4) is 0 Å². The Morgan fingerprint density at radius 2 is 1.97 bits per heavy atom. The third kappa shape index (κ3) is 3.34. The van der Waals surface area contributed by atoms with Crippen LogP contribution in [-0.4, -0.2) is 54.3 Å². The molecule has 0 radical (unpaired) electrons. The molecule has 9 heteroatoms. The molecule has 0 spiro atoms. The molecule has 1 aromatic heterocycles. The zero-order valence-electron chi connectivity index (χ0n) is 16.5. The number of anilines is 2. The maximum absolute atomic E-state index is 14.9. The Kier molecular flexibility index (Phi) is 4.52. The van der Waals surface area contributed by atoms with Crippen LogP contribution in [0.1, 0.15) is 18.4 Å². The highest BCUT2D eigenvalue weighted by molar-refractivity contribution is 5.89. The quantitative estimate of drug-likeness (QED) is 0.809. The topological polar surface area (TPSA) is 87.7 Å². The van der Waals surface area contributed by atoms with Gasteiger partial charge in [-0.1, -0.05) is 6.07 Å². The maximum atomic E-state index is 14.9. The largest absolute Gasteiger partial charge is 0.442 e. The van der Waals surface area contributed by atoms with Crippen LogP contribution in [0, 0.1) is 17.7 Å². The van der Waals surface area contributed by atoms with E-state index in [2.05, 4.69) is 20.2 Å². The molecule has 1 saturated carbocycles. The number of fused-ring (bicyclic) bond motifs is 1. The first-order valence-electron chi connectivity index (χ1n) is 10.1. The van der Waals surface area contributed by atoms with Crippen molar-refractivity contribution in [3.63, 3.8) is 0 Å². The van der Waals surface area contributed by atoms with E-state index in [9.17, 15) is 14.0 Å². The summed E-state index contributed by atoms with van der Waals surface area (Å²) in [7, 11) is 0. The Morgan fingerprint density at radius 3 is 2.63 bits per heavy atom. The van der Waals surface area contributed by atoms with Crippen molar-refractivity contribution >= 4 is 23.6 Å². The van der Waals surface area contributed by atoms with Crippen molar-refractivity contribution in [2.75, 3.05) is 36.0 Å². The van der Waals surface area contributed by atoms with Crippen LogP contribution in [0.5, 0.6) is 0 Å². The number of ether oxygens (including phenoxy) is 1. The number of benzene rings is 1. The first kappa shape index (κ1) is 18.8. The molecule has 3 fully saturated rings. The van der Waals surface area contributed by atoms with E-state index in [1.807, 2.05) is 0 Å². The minimum atomic E-state index is -0.528. The number of amides is 2. The standard InChI is InChI=1S/C21H22FN5O3/c1-12(28)25-8-14-9-27(21(29)30-14)13-3-4-15(18(22)7-13)19-16-10-26(11-17(16)19)20-23-5-2-6-24-20/h2-7,14,16-17,19H,8-11H2,1H3,(H,25,28)/t14-,16-,17+,19?/m0/s1. The highest BCUT2D eigenvalue weighted by atomic mass is 19.1. The summed E-state index contributed by atoms with van der Waals surface area (Å²) in [6.07, 6.45) is 2.48. The average Bonchev–Trinajstić information content (AvgIpc) is 3.06. The number of nitrogens with zero attached hydrogens (tertiary/aromatic N) is 4. The lowest BCUT2D eigenvalue weighted by Gasteiger charge is -2.20. The Labute approximate surface area is 173 Å². The van der Waals surface area contributed by atoms with Crippen molar-refractivity contribution in [2.24, 2.45) is 11.8 Å². The summed E-state index contributed by atoms with van der Waals surface area (Å²) in [5, 5.41) is 2.63. The smallest absolute Gasteiger partial charge is 0.414 e. The van der Waals surface area contributed by atoms with Gasteiger partial charge in [0.15, 0.2) is 0 Å².